The minimum Gasteiger partial charge on any atom is -0.481 e. The third-order valence-electron chi connectivity index (χ3n) is 3.08. The summed E-state index contributed by atoms with van der Waals surface area (Å²) in [6.07, 6.45) is 4.19. The fourth-order valence-electron chi connectivity index (χ4n) is 1.91. The molecule has 0 spiro atoms. The summed E-state index contributed by atoms with van der Waals surface area (Å²) in [5.41, 5.74) is 0. The number of nitrogens with one attached hydrogen (secondary N) is 1. The van der Waals surface area contributed by atoms with E-state index in [1.165, 1.54) is 6.42 Å². The van der Waals surface area contributed by atoms with Crippen molar-refractivity contribution in [3.8, 4) is 0 Å². The standard InChI is InChI=1S/C12H21NO3S/c1-2-9(7-11(14)15)8-13-12(16)10-5-3-4-6-17-10/h9-10H,2-8H2,1H3,(H,13,16)(H,14,15). The fourth-order valence-corrected chi connectivity index (χ4v) is 3.14. The van der Waals surface area contributed by atoms with Gasteiger partial charge >= 0.3 is 5.97 Å². The molecule has 1 heterocycles. The topological polar surface area (TPSA) is 66.4 Å². The van der Waals surface area contributed by atoms with Crippen LogP contribution in [0.25, 0.3) is 0 Å². The van der Waals surface area contributed by atoms with Crippen LogP contribution in [0, 0.1) is 5.92 Å². The maximum absolute atomic E-state index is 11.8. The highest BCUT2D eigenvalue weighted by Gasteiger charge is 2.22. The molecule has 2 atom stereocenters. The summed E-state index contributed by atoms with van der Waals surface area (Å²) in [5.74, 6) is 0.395. The van der Waals surface area contributed by atoms with E-state index in [-0.39, 0.29) is 23.5 Å². The van der Waals surface area contributed by atoms with E-state index >= 15 is 0 Å². The molecule has 0 bridgehead atoms. The van der Waals surface area contributed by atoms with Crippen LogP contribution in [0.5, 0.6) is 0 Å². The van der Waals surface area contributed by atoms with Gasteiger partial charge in [-0.25, -0.2) is 0 Å². The van der Waals surface area contributed by atoms with Crippen molar-refractivity contribution in [2.45, 2.75) is 44.3 Å². The van der Waals surface area contributed by atoms with Crippen molar-refractivity contribution in [2.75, 3.05) is 12.3 Å². The summed E-state index contributed by atoms with van der Waals surface area (Å²) in [7, 11) is 0. The molecule has 0 radical (unpaired) electrons. The molecule has 1 saturated heterocycles. The second-order valence-electron chi connectivity index (χ2n) is 4.47. The molecule has 17 heavy (non-hydrogen) atoms. The first-order chi connectivity index (χ1) is 8.13. The molecule has 5 heteroatoms. The Hall–Kier alpha value is -0.710. The lowest BCUT2D eigenvalue weighted by Gasteiger charge is -2.21. The Balaban J connectivity index is 2.27. The van der Waals surface area contributed by atoms with Crippen LogP contribution in [-0.4, -0.2) is 34.5 Å². The molecular formula is C12H21NO3S. The quantitative estimate of drug-likeness (QED) is 0.764. The van der Waals surface area contributed by atoms with Crippen LogP contribution < -0.4 is 5.32 Å². The summed E-state index contributed by atoms with van der Waals surface area (Å²) in [6.45, 7) is 2.44. The van der Waals surface area contributed by atoms with Crippen LogP contribution in [0.15, 0.2) is 0 Å². The van der Waals surface area contributed by atoms with E-state index < -0.39 is 5.97 Å². The Kier molecular flexibility index (Phi) is 6.40. The van der Waals surface area contributed by atoms with Gasteiger partial charge in [-0.2, -0.15) is 0 Å². The van der Waals surface area contributed by atoms with E-state index in [0.29, 0.717) is 6.54 Å². The van der Waals surface area contributed by atoms with Gasteiger partial charge in [0.05, 0.1) is 5.25 Å². The molecule has 0 aromatic carbocycles. The molecule has 1 aliphatic heterocycles. The van der Waals surface area contributed by atoms with Crippen molar-refractivity contribution in [1.29, 1.82) is 0 Å². The fraction of sp³-hybridized carbons (Fsp3) is 0.833. The highest BCUT2D eigenvalue weighted by molar-refractivity contribution is 8.00. The van der Waals surface area contributed by atoms with Crippen LogP contribution in [0.3, 0.4) is 0 Å². The van der Waals surface area contributed by atoms with Crippen molar-refractivity contribution < 1.29 is 14.7 Å². The average Bonchev–Trinajstić information content (AvgIpc) is 2.34. The summed E-state index contributed by atoms with van der Waals surface area (Å²) in [4.78, 5) is 22.4. The number of aliphatic carboxylic acids is 1. The molecule has 2 unspecified atom stereocenters. The number of carboxylic acids is 1. The van der Waals surface area contributed by atoms with Gasteiger partial charge in [0, 0.05) is 13.0 Å². The molecule has 0 aliphatic carbocycles. The Bertz CT molecular complexity index is 264. The summed E-state index contributed by atoms with van der Waals surface area (Å²) in [6, 6.07) is 0. The number of carbonyl (C=O) groups is 2. The Morgan fingerprint density at radius 3 is 2.76 bits per heavy atom. The first-order valence-corrected chi connectivity index (χ1v) is 7.29. The maximum Gasteiger partial charge on any atom is 0.303 e. The molecule has 0 aromatic heterocycles. The third kappa shape index (κ3) is 5.44. The molecule has 0 aromatic rings. The lowest BCUT2D eigenvalue weighted by atomic mass is 10.0. The predicted octanol–water partition coefficient (Wildman–Crippen LogP) is 1.89. The van der Waals surface area contributed by atoms with Crippen LogP contribution in [0.2, 0.25) is 0 Å². The third-order valence-corrected chi connectivity index (χ3v) is 4.45. The number of amides is 1. The van der Waals surface area contributed by atoms with Gasteiger partial charge in [-0.1, -0.05) is 19.8 Å². The predicted molar refractivity (Wildman–Crippen MR) is 69.1 cm³/mol. The van der Waals surface area contributed by atoms with Gasteiger partial charge in [0.2, 0.25) is 5.91 Å². The number of thioether (sulfide) groups is 1. The van der Waals surface area contributed by atoms with Gasteiger partial charge in [-0.05, 0) is 24.5 Å². The van der Waals surface area contributed by atoms with Crippen LogP contribution in [-0.2, 0) is 9.59 Å². The molecular weight excluding hydrogens is 238 g/mol. The van der Waals surface area contributed by atoms with E-state index in [2.05, 4.69) is 5.32 Å². The zero-order valence-electron chi connectivity index (χ0n) is 10.3. The number of hydrogen-bond acceptors (Lipinski definition) is 3. The van der Waals surface area contributed by atoms with Crippen molar-refractivity contribution in [2.24, 2.45) is 5.92 Å². The first kappa shape index (κ1) is 14.4. The normalized spacial score (nSPS) is 21.8. The van der Waals surface area contributed by atoms with Crippen molar-refractivity contribution in [1.82, 2.24) is 5.32 Å². The molecule has 1 fully saturated rings. The van der Waals surface area contributed by atoms with Gasteiger partial charge in [-0.15, -0.1) is 11.8 Å². The summed E-state index contributed by atoms with van der Waals surface area (Å²) >= 11 is 1.72. The van der Waals surface area contributed by atoms with E-state index in [9.17, 15) is 9.59 Å². The zero-order valence-corrected chi connectivity index (χ0v) is 11.1. The van der Waals surface area contributed by atoms with Crippen molar-refractivity contribution in [3.63, 3.8) is 0 Å². The average molecular weight is 259 g/mol. The first-order valence-electron chi connectivity index (χ1n) is 6.24. The Labute approximate surface area is 107 Å². The minimum atomic E-state index is -0.793. The lowest BCUT2D eigenvalue weighted by Crippen LogP contribution is -2.37. The molecule has 1 amide bonds. The zero-order chi connectivity index (χ0) is 12.7. The molecule has 4 nitrogen and oxygen atoms in total. The number of hydrogen-bond donors (Lipinski definition) is 2. The van der Waals surface area contributed by atoms with Crippen LogP contribution >= 0.6 is 11.8 Å². The maximum atomic E-state index is 11.8. The van der Waals surface area contributed by atoms with Gasteiger partial charge in [0.15, 0.2) is 0 Å². The van der Waals surface area contributed by atoms with E-state index in [1.807, 2.05) is 6.92 Å². The second kappa shape index (κ2) is 7.58. The van der Waals surface area contributed by atoms with Crippen molar-refractivity contribution in [3.05, 3.63) is 0 Å². The van der Waals surface area contributed by atoms with Gasteiger partial charge in [0.1, 0.15) is 0 Å². The van der Waals surface area contributed by atoms with Gasteiger partial charge in [0.25, 0.3) is 0 Å². The number of carbonyl (C=O) groups excluding carboxylic acids is 1. The Morgan fingerprint density at radius 2 is 2.24 bits per heavy atom. The van der Waals surface area contributed by atoms with E-state index in [4.69, 9.17) is 5.11 Å². The lowest BCUT2D eigenvalue weighted by molar-refractivity contribution is -0.138. The Morgan fingerprint density at radius 1 is 1.47 bits per heavy atom. The minimum absolute atomic E-state index is 0.0463. The number of carboxylic acid groups (broad SMARTS) is 1. The number of rotatable bonds is 6. The molecule has 1 rings (SSSR count). The van der Waals surface area contributed by atoms with Crippen LogP contribution in [0.1, 0.15) is 39.0 Å². The monoisotopic (exact) mass is 259 g/mol. The highest BCUT2D eigenvalue weighted by atomic mass is 32.2. The second-order valence-corrected chi connectivity index (χ2v) is 5.78. The van der Waals surface area contributed by atoms with Gasteiger partial charge < -0.3 is 10.4 Å². The molecule has 0 saturated carbocycles. The van der Waals surface area contributed by atoms with Crippen molar-refractivity contribution >= 4 is 23.6 Å². The summed E-state index contributed by atoms with van der Waals surface area (Å²) < 4.78 is 0. The largest absolute Gasteiger partial charge is 0.481 e. The molecule has 2 N–H and O–H groups in total. The highest BCUT2D eigenvalue weighted by Crippen LogP contribution is 2.25. The SMILES string of the molecule is CCC(CNC(=O)C1CCCCS1)CC(=O)O. The summed E-state index contributed by atoms with van der Waals surface area (Å²) in [5, 5.41) is 11.7. The molecule has 98 valence electrons. The smallest absolute Gasteiger partial charge is 0.303 e. The molecule has 1 aliphatic rings. The van der Waals surface area contributed by atoms with E-state index in [1.54, 1.807) is 11.8 Å². The van der Waals surface area contributed by atoms with Gasteiger partial charge in [-0.3, -0.25) is 9.59 Å². The van der Waals surface area contributed by atoms with E-state index in [0.717, 1.165) is 25.0 Å². The van der Waals surface area contributed by atoms with Crippen LogP contribution in [0.4, 0.5) is 0 Å².